The molecule has 0 aliphatic rings. The summed E-state index contributed by atoms with van der Waals surface area (Å²) in [5.41, 5.74) is 1.93. The SMILES string of the molecule is C#CC(=O)c1cc(C#N)ccc1C(CC)CC. The first-order chi connectivity index (χ1) is 8.17. The standard InChI is InChI=1S/C15H15NO/c1-4-12(5-2)13-8-7-11(10-16)9-14(13)15(17)6-3/h3,7-9,12H,4-5H2,1-2H3. The van der Waals surface area contributed by atoms with Gasteiger partial charge in [-0.25, -0.2) is 0 Å². The Morgan fingerprint density at radius 2 is 2.06 bits per heavy atom. The summed E-state index contributed by atoms with van der Waals surface area (Å²) in [6, 6.07) is 7.21. The average molecular weight is 225 g/mol. The lowest BCUT2D eigenvalue weighted by atomic mass is 9.88. The number of hydrogen-bond acceptors (Lipinski definition) is 2. The van der Waals surface area contributed by atoms with Crippen molar-refractivity contribution in [2.24, 2.45) is 0 Å². The maximum Gasteiger partial charge on any atom is 0.235 e. The molecule has 1 rings (SSSR count). The third-order valence-electron chi connectivity index (χ3n) is 2.98. The molecule has 0 radical (unpaired) electrons. The number of benzene rings is 1. The van der Waals surface area contributed by atoms with Crippen LogP contribution in [0.4, 0.5) is 0 Å². The quantitative estimate of drug-likeness (QED) is 0.448. The molecule has 0 aromatic heterocycles. The van der Waals surface area contributed by atoms with Gasteiger partial charge in [-0.3, -0.25) is 4.79 Å². The Hall–Kier alpha value is -2.06. The fraction of sp³-hybridized carbons (Fsp3) is 0.333. The molecule has 0 atom stereocenters. The van der Waals surface area contributed by atoms with Crippen molar-refractivity contribution in [1.29, 1.82) is 5.26 Å². The molecule has 2 nitrogen and oxygen atoms in total. The minimum atomic E-state index is -0.344. The van der Waals surface area contributed by atoms with Gasteiger partial charge in [0, 0.05) is 5.56 Å². The largest absolute Gasteiger partial charge is 0.279 e. The van der Waals surface area contributed by atoms with Gasteiger partial charge < -0.3 is 0 Å². The highest BCUT2D eigenvalue weighted by Gasteiger charge is 2.16. The molecule has 0 saturated heterocycles. The number of nitrogens with zero attached hydrogens (tertiary/aromatic N) is 1. The van der Waals surface area contributed by atoms with Crippen LogP contribution in [0, 0.1) is 23.7 Å². The highest BCUT2D eigenvalue weighted by Crippen LogP contribution is 2.27. The van der Waals surface area contributed by atoms with E-state index in [4.69, 9.17) is 11.7 Å². The number of Topliss-reactive ketones (excluding diaryl/α,β-unsaturated/α-hetero) is 1. The highest BCUT2D eigenvalue weighted by molar-refractivity contribution is 6.09. The van der Waals surface area contributed by atoms with E-state index in [0.717, 1.165) is 18.4 Å². The number of carbonyl (C=O) groups excluding carboxylic acids is 1. The Labute approximate surface area is 102 Å². The summed E-state index contributed by atoms with van der Waals surface area (Å²) < 4.78 is 0. The molecule has 0 aliphatic carbocycles. The van der Waals surface area contributed by atoms with Gasteiger partial charge in [0.05, 0.1) is 11.6 Å². The minimum absolute atomic E-state index is 0.315. The third-order valence-corrected chi connectivity index (χ3v) is 2.98. The van der Waals surface area contributed by atoms with Crippen LogP contribution in [0.25, 0.3) is 0 Å². The first-order valence-corrected chi connectivity index (χ1v) is 5.72. The highest BCUT2D eigenvalue weighted by atomic mass is 16.1. The maximum absolute atomic E-state index is 11.7. The minimum Gasteiger partial charge on any atom is -0.279 e. The number of hydrogen-bond donors (Lipinski definition) is 0. The predicted octanol–water partition coefficient (Wildman–Crippen LogP) is 3.28. The smallest absolute Gasteiger partial charge is 0.235 e. The van der Waals surface area contributed by atoms with Gasteiger partial charge in [0.1, 0.15) is 0 Å². The number of nitriles is 1. The fourth-order valence-corrected chi connectivity index (χ4v) is 1.98. The van der Waals surface area contributed by atoms with Crippen molar-refractivity contribution in [3.63, 3.8) is 0 Å². The number of carbonyl (C=O) groups is 1. The van der Waals surface area contributed by atoms with Gasteiger partial charge in [0.25, 0.3) is 0 Å². The van der Waals surface area contributed by atoms with Gasteiger partial charge in [-0.05, 0) is 42.4 Å². The van der Waals surface area contributed by atoms with Gasteiger partial charge in [0.15, 0.2) is 0 Å². The van der Waals surface area contributed by atoms with Crippen LogP contribution in [0.5, 0.6) is 0 Å². The predicted molar refractivity (Wildman–Crippen MR) is 67.6 cm³/mol. The molecule has 0 fully saturated rings. The Morgan fingerprint density at radius 1 is 1.41 bits per heavy atom. The van der Waals surface area contributed by atoms with Crippen molar-refractivity contribution in [3.8, 4) is 18.4 Å². The summed E-state index contributed by atoms with van der Waals surface area (Å²) >= 11 is 0. The summed E-state index contributed by atoms with van der Waals surface area (Å²) in [6.45, 7) is 4.16. The topological polar surface area (TPSA) is 40.9 Å². The van der Waals surface area contributed by atoms with Crippen LogP contribution in [0.1, 0.15) is 54.1 Å². The molecule has 0 spiro atoms. The lowest BCUT2D eigenvalue weighted by Crippen LogP contribution is -2.06. The van der Waals surface area contributed by atoms with Crippen molar-refractivity contribution >= 4 is 5.78 Å². The summed E-state index contributed by atoms with van der Waals surface area (Å²) in [7, 11) is 0. The van der Waals surface area contributed by atoms with Crippen LogP contribution in [0.15, 0.2) is 18.2 Å². The number of ketones is 1. The van der Waals surface area contributed by atoms with Gasteiger partial charge >= 0.3 is 0 Å². The van der Waals surface area contributed by atoms with E-state index < -0.39 is 0 Å². The van der Waals surface area contributed by atoms with Crippen LogP contribution >= 0.6 is 0 Å². The normalized spacial score (nSPS) is 9.71. The molecule has 0 heterocycles. The second-order valence-electron chi connectivity index (χ2n) is 3.90. The van der Waals surface area contributed by atoms with Crippen molar-refractivity contribution in [2.45, 2.75) is 32.6 Å². The van der Waals surface area contributed by atoms with E-state index in [1.54, 1.807) is 12.1 Å². The third kappa shape index (κ3) is 2.74. The van der Waals surface area contributed by atoms with Crippen molar-refractivity contribution in [2.75, 3.05) is 0 Å². The van der Waals surface area contributed by atoms with E-state index in [9.17, 15) is 4.79 Å². The zero-order valence-corrected chi connectivity index (χ0v) is 10.2. The van der Waals surface area contributed by atoms with Crippen molar-refractivity contribution < 1.29 is 4.79 Å². The van der Waals surface area contributed by atoms with Crippen molar-refractivity contribution in [1.82, 2.24) is 0 Å². The summed E-state index contributed by atoms with van der Waals surface area (Å²) in [6.07, 6.45) is 7.07. The Kier molecular flexibility index (Phi) is 4.49. The van der Waals surface area contributed by atoms with Crippen LogP contribution in [-0.4, -0.2) is 5.78 Å². The molecule has 0 unspecified atom stereocenters. The summed E-state index contributed by atoms with van der Waals surface area (Å²) in [5.74, 6) is 2.10. The Bertz CT molecular complexity index is 499. The maximum atomic E-state index is 11.7. The summed E-state index contributed by atoms with van der Waals surface area (Å²) in [4.78, 5) is 11.7. The van der Waals surface area contributed by atoms with Crippen LogP contribution in [0.2, 0.25) is 0 Å². The molecule has 1 aromatic rings. The van der Waals surface area contributed by atoms with E-state index in [1.807, 2.05) is 12.1 Å². The van der Waals surface area contributed by atoms with E-state index in [1.165, 1.54) is 0 Å². The lowest BCUT2D eigenvalue weighted by molar-refractivity contribution is 0.105. The average Bonchev–Trinajstić information content (AvgIpc) is 2.39. The zero-order chi connectivity index (χ0) is 12.8. The second kappa shape index (κ2) is 5.87. The lowest BCUT2D eigenvalue weighted by Gasteiger charge is -2.16. The van der Waals surface area contributed by atoms with Gasteiger partial charge in [0.2, 0.25) is 5.78 Å². The second-order valence-corrected chi connectivity index (χ2v) is 3.90. The van der Waals surface area contributed by atoms with Crippen LogP contribution in [0.3, 0.4) is 0 Å². The first-order valence-electron chi connectivity index (χ1n) is 5.72. The van der Waals surface area contributed by atoms with Crippen LogP contribution < -0.4 is 0 Å². The molecular weight excluding hydrogens is 210 g/mol. The summed E-state index contributed by atoms with van der Waals surface area (Å²) in [5, 5.41) is 8.85. The first kappa shape index (κ1) is 13.0. The van der Waals surface area contributed by atoms with Gasteiger partial charge in [-0.2, -0.15) is 5.26 Å². The molecule has 86 valence electrons. The Morgan fingerprint density at radius 3 is 2.53 bits per heavy atom. The molecular formula is C15H15NO. The molecule has 0 N–H and O–H groups in total. The molecule has 17 heavy (non-hydrogen) atoms. The van der Waals surface area contributed by atoms with E-state index in [0.29, 0.717) is 17.0 Å². The van der Waals surface area contributed by atoms with Gasteiger partial charge in [-0.15, -0.1) is 6.42 Å². The number of rotatable bonds is 4. The van der Waals surface area contributed by atoms with Gasteiger partial charge in [-0.1, -0.05) is 19.9 Å². The number of terminal acetylenes is 1. The molecule has 1 aromatic carbocycles. The molecule has 2 heteroatoms. The van der Waals surface area contributed by atoms with E-state index >= 15 is 0 Å². The molecule has 0 aliphatic heterocycles. The van der Waals surface area contributed by atoms with E-state index in [-0.39, 0.29) is 5.78 Å². The van der Waals surface area contributed by atoms with E-state index in [2.05, 4.69) is 19.8 Å². The Balaban J connectivity index is 3.36. The monoisotopic (exact) mass is 225 g/mol. The van der Waals surface area contributed by atoms with Crippen molar-refractivity contribution in [3.05, 3.63) is 34.9 Å². The molecule has 0 amide bonds. The fourth-order valence-electron chi connectivity index (χ4n) is 1.98. The van der Waals surface area contributed by atoms with Crippen LogP contribution in [-0.2, 0) is 0 Å². The molecule has 0 saturated carbocycles. The molecule has 0 bridgehead atoms. The zero-order valence-electron chi connectivity index (χ0n) is 10.2.